The van der Waals surface area contributed by atoms with Gasteiger partial charge < -0.3 is 15.0 Å². The zero-order valence-corrected chi connectivity index (χ0v) is 15.6. The first kappa shape index (κ1) is 17.2. The lowest BCUT2D eigenvalue weighted by Crippen LogP contribution is -2.69. The number of rotatable bonds is 3. The van der Waals surface area contributed by atoms with Gasteiger partial charge >= 0.3 is 6.09 Å². The molecule has 1 saturated carbocycles. The molecule has 0 unspecified atom stereocenters. The van der Waals surface area contributed by atoms with Crippen molar-refractivity contribution >= 4 is 12.0 Å². The summed E-state index contributed by atoms with van der Waals surface area (Å²) in [6.45, 7) is 3.24. The van der Waals surface area contributed by atoms with Crippen molar-refractivity contribution in [3.63, 3.8) is 0 Å². The fourth-order valence-corrected chi connectivity index (χ4v) is 4.09. The van der Waals surface area contributed by atoms with Crippen LogP contribution in [-0.4, -0.2) is 42.1 Å². The molecule has 3 aliphatic rings. The molecule has 0 bridgehead atoms. The highest BCUT2D eigenvalue weighted by molar-refractivity contribution is 5.95. The van der Waals surface area contributed by atoms with Crippen LogP contribution in [0.25, 0.3) is 11.1 Å². The standard InChI is InChI=1S/C22H21FN2O3/c1-21(7-8-21)16-4-2-3-14(9-16)17-6-5-15(10-18(17)23)19(26)25-11-22(12-25)13-28-20(27)24-22/h2-6,9-10H,7-8,11-13H2,1H3,(H,24,27). The van der Waals surface area contributed by atoms with Crippen molar-refractivity contribution < 1.29 is 18.7 Å². The highest BCUT2D eigenvalue weighted by atomic mass is 19.1. The molecule has 5 rings (SSSR count). The first-order valence-electron chi connectivity index (χ1n) is 9.52. The van der Waals surface area contributed by atoms with Crippen molar-refractivity contribution in [3.05, 3.63) is 59.4 Å². The van der Waals surface area contributed by atoms with Crippen LogP contribution in [0.3, 0.4) is 0 Å². The van der Waals surface area contributed by atoms with Crippen LogP contribution in [-0.2, 0) is 10.2 Å². The predicted octanol–water partition coefficient (Wildman–Crippen LogP) is 3.48. The quantitative estimate of drug-likeness (QED) is 0.887. The summed E-state index contributed by atoms with van der Waals surface area (Å²) in [7, 11) is 0. The van der Waals surface area contributed by atoms with Crippen LogP contribution < -0.4 is 5.32 Å². The molecule has 0 aromatic heterocycles. The van der Waals surface area contributed by atoms with E-state index in [1.165, 1.54) is 11.6 Å². The predicted molar refractivity (Wildman–Crippen MR) is 102 cm³/mol. The van der Waals surface area contributed by atoms with Crippen molar-refractivity contribution in [1.29, 1.82) is 0 Å². The number of hydrogen-bond donors (Lipinski definition) is 1. The lowest BCUT2D eigenvalue weighted by atomic mass is 9.90. The van der Waals surface area contributed by atoms with Gasteiger partial charge in [0.15, 0.2) is 0 Å². The Morgan fingerprint density at radius 1 is 1.18 bits per heavy atom. The van der Waals surface area contributed by atoms with Crippen LogP contribution in [0.2, 0.25) is 0 Å². The van der Waals surface area contributed by atoms with E-state index < -0.39 is 17.4 Å². The third-order valence-corrected chi connectivity index (χ3v) is 6.21. The molecule has 2 aromatic rings. The summed E-state index contributed by atoms with van der Waals surface area (Å²) in [4.78, 5) is 25.5. The van der Waals surface area contributed by atoms with Crippen LogP contribution in [0.4, 0.5) is 9.18 Å². The summed E-state index contributed by atoms with van der Waals surface area (Å²) in [6, 6.07) is 12.7. The molecule has 2 amide bonds. The van der Waals surface area contributed by atoms with Crippen LogP contribution >= 0.6 is 0 Å². The number of nitrogens with zero attached hydrogens (tertiary/aromatic N) is 1. The second kappa shape index (κ2) is 5.80. The Morgan fingerprint density at radius 3 is 2.61 bits per heavy atom. The van der Waals surface area contributed by atoms with Crippen molar-refractivity contribution in [1.82, 2.24) is 10.2 Å². The number of carbonyl (C=O) groups excluding carboxylic acids is 2. The Labute approximate surface area is 162 Å². The Bertz CT molecular complexity index is 993. The van der Waals surface area contributed by atoms with Gasteiger partial charge in [-0.3, -0.25) is 4.79 Å². The van der Waals surface area contributed by atoms with E-state index >= 15 is 0 Å². The summed E-state index contributed by atoms with van der Waals surface area (Å²) >= 11 is 0. The summed E-state index contributed by atoms with van der Waals surface area (Å²) < 4.78 is 19.7. The molecule has 2 aliphatic heterocycles. The summed E-state index contributed by atoms with van der Waals surface area (Å²) in [5.41, 5.74) is 2.61. The SMILES string of the molecule is CC1(c2cccc(-c3ccc(C(=O)N4CC5(COC(=O)N5)C4)cc3F)c2)CC1. The maximum absolute atomic E-state index is 14.8. The average molecular weight is 380 g/mol. The Balaban J connectivity index is 1.34. The van der Waals surface area contributed by atoms with Gasteiger partial charge in [-0.15, -0.1) is 0 Å². The number of benzene rings is 2. The minimum absolute atomic E-state index is 0.217. The molecule has 2 heterocycles. The summed E-state index contributed by atoms with van der Waals surface area (Å²) in [6.07, 6.45) is 1.87. The van der Waals surface area contributed by atoms with E-state index in [0.717, 1.165) is 18.4 Å². The van der Waals surface area contributed by atoms with E-state index in [1.807, 2.05) is 12.1 Å². The van der Waals surface area contributed by atoms with Gasteiger partial charge in [0.05, 0.1) is 0 Å². The minimum Gasteiger partial charge on any atom is -0.447 e. The number of likely N-dealkylation sites (tertiary alicyclic amines) is 1. The average Bonchev–Trinajstić information content (AvgIpc) is 3.29. The first-order chi connectivity index (χ1) is 13.4. The van der Waals surface area contributed by atoms with Gasteiger partial charge in [0, 0.05) is 24.2 Å². The molecular weight excluding hydrogens is 359 g/mol. The smallest absolute Gasteiger partial charge is 0.407 e. The Hall–Kier alpha value is -2.89. The Morgan fingerprint density at radius 2 is 1.96 bits per heavy atom. The number of hydrogen-bond acceptors (Lipinski definition) is 3. The molecule has 1 aliphatic carbocycles. The van der Waals surface area contributed by atoms with Crippen LogP contribution in [0.5, 0.6) is 0 Å². The molecule has 2 aromatic carbocycles. The van der Waals surface area contributed by atoms with Crippen molar-refractivity contribution in [2.45, 2.75) is 30.7 Å². The molecule has 5 nitrogen and oxygen atoms in total. The van der Waals surface area contributed by atoms with Crippen molar-refractivity contribution in [2.75, 3.05) is 19.7 Å². The van der Waals surface area contributed by atoms with Gasteiger partial charge in [-0.25, -0.2) is 9.18 Å². The van der Waals surface area contributed by atoms with E-state index in [-0.39, 0.29) is 17.9 Å². The first-order valence-corrected chi connectivity index (χ1v) is 9.52. The zero-order valence-electron chi connectivity index (χ0n) is 15.6. The Kier molecular flexibility index (Phi) is 3.57. The molecule has 144 valence electrons. The largest absolute Gasteiger partial charge is 0.447 e. The second-order valence-electron chi connectivity index (χ2n) is 8.48. The van der Waals surface area contributed by atoms with E-state index in [1.54, 1.807) is 17.0 Å². The monoisotopic (exact) mass is 380 g/mol. The number of nitrogens with one attached hydrogen (secondary N) is 1. The number of halogens is 1. The lowest BCUT2D eigenvalue weighted by Gasteiger charge is -2.45. The highest BCUT2D eigenvalue weighted by Crippen LogP contribution is 2.48. The third-order valence-electron chi connectivity index (χ3n) is 6.21. The number of ether oxygens (including phenoxy) is 1. The maximum Gasteiger partial charge on any atom is 0.407 e. The van der Waals surface area contributed by atoms with Crippen LogP contribution in [0, 0.1) is 5.82 Å². The molecule has 6 heteroatoms. The van der Waals surface area contributed by atoms with Gasteiger partial charge in [-0.1, -0.05) is 37.3 Å². The summed E-state index contributed by atoms with van der Waals surface area (Å²) in [5, 5.41) is 2.74. The molecule has 3 fully saturated rings. The van der Waals surface area contributed by atoms with Crippen molar-refractivity contribution in [2.24, 2.45) is 0 Å². The topological polar surface area (TPSA) is 58.6 Å². The molecule has 0 radical (unpaired) electrons. The molecular formula is C22H21FN2O3. The van der Waals surface area contributed by atoms with Gasteiger partial charge in [0.2, 0.25) is 0 Å². The maximum atomic E-state index is 14.8. The fourth-order valence-electron chi connectivity index (χ4n) is 4.09. The molecule has 1 N–H and O–H groups in total. The van der Waals surface area contributed by atoms with Crippen LogP contribution in [0.1, 0.15) is 35.7 Å². The van der Waals surface area contributed by atoms with E-state index in [4.69, 9.17) is 4.74 Å². The van der Waals surface area contributed by atoms with E-state index in [0.29, 0.717) is 24.2 Å². The zero-order chi connectivity index (χ0) is 19.5. The second-order valence-corrected chi connectivity index (χ2v) is 8.48. The molecule has 2 saturated heterocycles. The molecule has 28 heavy (non-hydrogen) atoms. The van der Waals surface area contributed by atoms with Crippen molar-refractivity contribution in [3.8, 4) is 11.1 Å². The minimum atomic E-state index is -0.482. The van der Waals surface area contributed by atoms with Gasteiger partial charge in [-0.2, -0.15) is 0 Å². The lowest BCUT2D eigenvalue weighted by molar-refractivity contribution is 0.0317. The van der Waals surface area contributed by atoms with Gasteiger partial charge in [0.25, 0.3) is 5.91 Å². The number of amides is 2. The van der Waals surface area contributed by atoms with E-state index in [9.17, 15) is 14.0 Å². The summed E-state index contributed by atoms with van der Waals surface area (Å²) in [5.74, 6) is -0.645. The highest BCUT2D eigenvalue weighted by Gasteiger charge is 2.51. The normalized spacial score (nSPS) is 21.1. The third kappa shape index (κ3) is 2.75. The number of cyclic esters (lactones) is 1. The van der Waals surface area contributed by atoms with E-state index in [2.05, 4.69) is 24.4 Å². The van der Waals surface area contributed by atoms with Crippen LogP contribution in [0.15, 0.2) is 42.5 Å². The fraction of sp³-hybridized carbons (Fsp3) is 0.364. The number of carbonyl (C=O) groups is 2. The molecule has 1 spiro atoms. The number of alkyl carbamates (subject to hydrolysis) is 1. The molecule has 0 atom stereocenters. The van der Waals surface area contributed by atoms with Gasteiger partial charge in [-0.05, 0) is 41.5 Å². The van der Waals surface area contributed by atoms with Gasteiger partial charge in [0.1, 0.15) is 18.0 Å².